The topological polar surface area (TPSA) is 94.5 Å². The molecule has 1 heterocycles. The van der Waals surface area contributed by atoms with Crippen LogP contribution in [0.4, 0.5) is 0 Å². The lowest BCUT2D eigenvalue weighted by Crippen LogP contribution is -2.66. The molecule has 248 valence electrons. The third-order valence-electron chi connectivity index (χ3n) is 8.71. The van der Waals surface area contributed by atoms with Gasteiger partial charge in [0.2, 0.25) is 0 Å². The van der Waals surface area contributed by atoms with Gasteiger partial charge >= 0.3 is 5.97 Å². The lowest BCUT2D eigenvalue weighted by atomic mass is 9.92. The number of hydrogen-bond acceptors (Lipinski definition) is 6. The number of aliphatic hydroxyl groups excluding tert-OH is 1. The molecule has 1 aliphatic heterocycles. The molecule has 0 aromatic heterocycles. The molecular formula is C38H50O7Si. The summed E-state index contributed by atoms with van der Waals surface area (Å²) in [6.07, 6.45) is 1.00. The summed E-state index contributed by atoms with van der Waals surface area (Å²) in [6.45, 7) is 12.0. The largest absolute Gasteiger partial charge is 0.497 e. The van der Waals surface area contributed by atoms with E-state index in [1.807, 2.05) is 36.4 Å². The Morgan fingerprint density at radius 1 is 0.935 bits per heavy atom. The first kappa shape index (κ1) is 35.6. The minimum atomic E-state index is -2.71. The van der Waals surface area contributed by atoms with E-state index in [2.05, 4.69) is 75.9 Å². The van der Waals surface area contributed by atoms with Crippen molar-refractivity contribution in [2.45, 2.75) is 95.4 Å². The highest BCUT2D eigenvalue weighted by Crippen LogP contribution is 2.37. The highest BCUT2D eigenvalue weighted by Gasteiger charge is 2.50. The van der Waals surface area contributed by atoms with E-state index in [4.69, 9.17) is 23.7 Å². The number of ether oxygens (including phenoxy) is 3. The van der Waals surface area contributed by atoms with Crippen LogP contribution in [0, 0.1) is 0 Å². The smallest absolute Gasteiger partial charge is 0.305 e. The van der Waals surface area contributed by atoms with Crippen LogP contribution in [0.25, 0.3) is 0 Å². The Balaban J connectivity index is 1.54. The quantitative estimate of drug-likeness (QED) is 0.140. The third kappa shape index (κ3) is 9.62. The number of carboxylic acids is 1. The van der Waals surface area contributed by atoms with E-state index in [0.29, 0.717) is 38.9 Å². The molecule has 0 spiro atoms. The lowest BCUT2D eigenvalue weighted by molar-refractivity contribution is -0.140. The van der Waals surface area contributed by atoms with Crippen molar-refractivity contribution in [3.8, 4) is 5.75 Å². The first-order valence-electron chi connectivity index (χ1n) is 16.2. The maximum Gasteiger partial charge on any atom is 0.305 e. The van der Waals surface area contributed by atoms with Crippen molar-refractivity contribution in [2.75, 3.05) is 13.7 Å². The number of hydrogen-bond donors (Lipinski definition) is 2. The van der Waals surface area contributed by atoms with Gasteiger partial charge in [-0.05, 0) is 52.4 Å². The molecule has 2 N–H and O–H groups in total. The van der Waals surface area contributed by atoms with Crippen molar-refractivity contribution >= 4 is 24.7 Å². The van der Waals surface area contributed by atoms with E-state index in [9.17, 15) is 9.90 Å². The number of carboxylic acid groups (broad SMARTS) is 1. The highest BCUT2D eigenvalue weighted by atomic mass is 28.4. The Bertz CT molecular complexity index is 1330. The van der Waals surface area contributed by atoms with Gasteiger partial charge in [-0.3, -0.25) is 4.79 Å². The van der Waals surface area contributed by atoms with Crippen molar-refractivity contribution in [1.82, 2.24) is 0 Å². The number of methoxy groups -OCH3 is 1. The molecule has 3 aromatic carbocycles. The monoisotopic (exact) mass is 646 g/mol. The normalized spacial score (nSPS) is 18.6. The summed E-state index contributed by atoms with van der Waals surface area (Å²) in [6, 6.07) is 29.1. The number of carbonyl (C=O) groups is 1. The van der Waals surface area contributed by atoms with Crippen LogP contribution in [0.5, 0.6) is 5.75 Å². The Labute approximate surface area is 275 Å². The molecule has 0 radical (unpaired) electrons. The molecule has 0 aliphatic carbocycles. The van der Waals surface area contributed by atoms with Gasteiger partial charge in [0.25, 0.3) is 8.32 Å². The molecule has 4 atom stereocenters. The summed E-state index contributed by atoms with van der Waals surface area (Å²) in [7, 11) is -1.06. The average Bonchev–Trinajstić information content (AvgIpc) is 3.01. The Morgan fingerprint density at radius 3 is 2.02 bits per heavy atom. The van der Waals surface area contributed by atoms with Crippen LogP contribution in [0.15, 0.2) is 97.1 Å². The second kappa shape index (κ2) is 16.5. The van der Waals surface area contributed by atoms with Gasteiger partial charge in [-0.1, -0.05) is 106 Å². The molecule has 3 aromatic rings. The first-order chi connectivity index (χ1) is 22.0. The fourth-order valence-electron chi connectivity index (χ4n) is 6.57. The predicted octanol–water partition coefficient (Wildman–Crippen LogP) is 6.27. The molecule has 3 unspecified atom stereocenters. The number of aliphatic carboxylic acids is 1. The number of benzene rings is 3. The molecule has 0 amide bonds. The maximum absolute atomic E-state index is 11.1. The molecule has 0 saturated carbocycles. The van der Waals surface area contributed by atoms with Gasteiger partial charge in [0, 0.05) is 19.4 Å². The lowest BCUT2D eigenvalue weighted by Gasteiger charge is -2.43. The summed E-state index contributed by atoms with van der Waals surface area (Å²) >= 11 is 0. The minimum absolute atomic E-state index is 0.136. The van der Waals surface area contributed by atoms with Gasteiger partial charge < -0.3 is 28.8 Å². The van der Waals surface area contributed by atoms with Crippen LogP contribution < -0.4 is 15.1 Å². The maximum atomic E-state index is 11.1. The minimum Gasteiger partial charge on any atom is -0.497 e. The van der Waals surface area contributed by atoms with Crippen molar-refractivity contribution in [2.24, 2.45) is 0 Å². The van der Waals surface area contributed by atoms with Gasteiger partial charge in [0.15, 0.2) is 0 Å². The Morgan fingerprint density at radius 2 is 1.50 bits per heavy atom. The summed E-state index contributed by atoms with van der Waals surface area (Å²) in [4.78, 5) is 11.1. The summed E-state index contributed by atoms with van der Waals surface area (Å²) in [5.41, 5.74) is 2.09. The van der Waals surface area contributed by atoms with E-state index in [1.54, 1.807) is 7.11 Å². The molecule has 8 heteroatoms. The summed E-state index contributed by atoms with van der Waals surface area (Å²) in [5, 5.41) is 21.7. The average molecular weight is 647 g/mol. The molecule has 4 rings (SSSR count). The SMILES string of the molecule is C=C1CC(CC(O)CC(=O)O)OC(C[C@@H](CCO[Si](c2ccccc2)(c2ccccc2)C(C)(C)C)OCc2ccc(OC)cc2)C1. The molecular weight excluding hydrogens is 596 g/mol. The molecule has 0 bridgehead atoms. The zero-order valence-electron chi connectivity index (χ0n) is 27.7. The van der Waals surface area contributed by atoms with Gasteiger partial charge in [-0.2, -0.15) is 0 Å². The Hall–Kier alpha value is -3.27. The molecule has 1 fully saturated rings. The summed E-state index contributed by atoms with van der Waals surface area (Å²) < 4.78 is 25.5. The summed E-state index contributed by atoms with van der Waals surface area (Å²) in [5.74, 6) is -0.226. The molecule has 46 heavy (non-hydrogen) atoms. The molecule has 1 aliphatic rings. The number of rotatable bonds is 16. The molecule has 1 saturated heterocycles. The van der Waals surface area contributed by atoms with E-state index in [1.165, 1.54) is 10.4 Å². The highest BCUT2D eigenvalue weighted by molar-refractivity contribution is 6.99. The van der Waals surface area contributed by atoms with Crippen molar-refractivity contribution in [1.29, 1.82) is 0 Å². The second-order valence-corrected chi connectivity index (χ2v) is 17.6. The van der Waals surface area contributed by atoms with Crippen molar-refractivity contribution in [3.63, 3.8) is 0 Å². The first-order valence-corrected chi connectivity index (χ1v) is 18.1. The van der Waals surface area contributed by atoms with E-state index in [0.717, 1.165) is 16.9 Å². The van der Waals surface area contributed by atoms with Crippen LogP contribution in [0.3, 0.4) is 0 Å². The van der Waals surface area contributed by atoms with E-state index < -0.39 is 20.4 Å². The van der Waals surface area contributed by atoms with Gasteiger partial charge in [0.05, 0.1) is 44.6 Å². The van der Waals surface area contributed by atoms with Crippen LogP contribution in [0.1, 0.15) is 64.9 Å². The second-order valence-electron chi connectivity index (χ2n) is 13.3. The van der Waals surface area contributed by atoms with Crippen LogP contribution >= 0.6 is 0 Å². The van der Waals surface area contributed by atoms with Gasteiger partial charge in [-0.25, -0.2) is 0 Å². The number of aliphatic hydroxyl groups is 1. The van der Waals surface area contributed by atoms with Crippen molar-refractivity contribution in [3.05, 3.63) is 103 Å². The Kier molecular flexibility index (Phi) is 12.8. The zero-order valence-corrected chi connectivity index (χ0v) is 28.7. The van der Waals surface area contributed by atoms with Crippen LogP contribution in [-0.2, 0) is 25.3 Å². The fraction of sp³-hybridized carbons (Fsp3) is 0.447. The molecule has 7 nitrogen and oxygen atoms in total. The predicted molar refractivity (Wildman–Crippen MR) is 184 cm³/mol. The van der Waals surface area contributed by atoms with Crippen LogP contribution in [-0.4, -0.2) is 62.6 Å². The van der Waals surface area contributed by atoms with Crippen molar-refractivity contribution < 1.29 is 33.6 Å². The van der Waals surface area contributed by atoms with E-state index in [-0.39, 0.29) is 36.2 Å². The third-order valence-corrected chi connectivity index (χ3v) is 13.8. The van der Waals surface area contributed by atoms with Crippen LogP contribution in [0.2, 0.25) is 5.04 Å². The standard InChI is InChI=1S/C38H50O7Si/c1-28-22-33(24-30(39)25-37(40)41)45-34(23-28)26-32(43-27-29-16-18-31(42-5)19-17-29)20-21-44-46(38(2,3)4,35-12-8-6-9-13-35)36-14-10-7-11-15-36/h6-19,30,32-34,39H,1,20-27H2,2-5H3,(H,40,41)/t30?,32-,33?,34?/m1/s1. The van der Waals surface area contributed by atoms with Gasteiger partial charge in [-0.15, -0.1) is 0 Å². The zero-order chi connectivity index (χ0) is 33.2. The van der Waals surface area contributed by atoms with Gasteiger partial charge in [0.1, 0.15) is 5.75 Å². The van der Waals surface area contributed by atoms with E-state index >= 15 is 0 Å². The fourth-order valence-corrected chi connectivity index (χ4v) is 11.1.